The Morgan fingerprint density at radius 3 is 2.86 bits per heavy atom. The summed E-state index contributed by atoms with van der Waals surface area (Å²) < 4.78 is 0. The van der Waals surface area contributed by atoms with Crippen molar-refractivity contribution in [2.45, 2.75) is 19.9 Å². The summed E-state index contributed by atoms with van der Waals surface area (Å²) in [6, 6.07) is 8.34. The maximum atomic E-state index is 10.6. The maximum absolute atomic E-state index is 10.6. The normalized spacial score (nSPS) is 12.4. The number of hydrogen-bond donors (Lipinski definition) is 2. The van der Waals surface area contributed by atoms with Crippen LogP contribution < -0.4 is 11.1 Å². The van der Waals surface area contributed by atoms with Crippen LogP contribution in [-0.2, 0) is 4.79 Å². The van der Waals surface area contributed by atoms with Gasteiger partial charge in [0.05, 0.1) is 6.54 Å². The average Bonchev–Trinajstić information content (AvgIpc) is 2.14. The van der Waals surface area contributed by atoms with Crippen LogP contribution in [-0.4, -0.2) is 12.5 Å². The van der Waals surface area contributed by atoms with Gasteiger partial charge in [0.15, 0.2) is 0 Å². The topological polar surface area (TPSA) is 55.1 Å². The minimum atomic E-state index is -0.329. The second-order valence-electron chi connectivity index (χ2n) is 3.48. The van der Waals surface area contributed by atoms with Gasteiger partial charge in [-0.15, -0.1) is 0 Å². The van der Waals surface area contributed by atoms with Gasteiger partial charge >= 0.3 is 0 Å². The van der Waals surface area contributed by atoms with Crippen LogP contribution in [0.15, 0.2) is 24.3 Å². The number of benzene rings is 1. The number of hydrogen-bond acceptors (Lipinski definition) is 2. The molecule has 0 aromatic heterocycles. The van der Waals surface area contributed by atoms with Gasteiger partial charge in [-0.1, -0.05) is 29.8 Å². The maximum Gasteiger partial charge on any atom is 0.231 e. The number of carbonyl (C=O) groups is 1. The van der Waals surface area contributed by atoms with Gasteiger partial charge < -0.3 is 11.1 Å². The van der Waals surface area contributed by atoms with Crippen molar-refractivity contribution in [3.8, 4) is 0 Å². The molecule has 1 aromatic carbocycles. The van der Waals surface area contributed by atoms with Gasteiger partial charge in [0.2, 0.25) is 5.91 Å². The Labute approximate surface area is 84.3 Å². The summed E-state index contributed by atoms with van der Waals surface area (Å²) in [7, 11) is 0. The van der Waals surface area contributed by atoms with Crippen molar-refractivity contribution in [3.63, 3.8) is 0 Å². The van der Waals surface area contributed by atoms with Crippen LogP contribution in [0, 0.1) is 6.92 Å². The second-order valence-corrected chi connectivity index (χ2v) is 3.48. The first kappa shape index (κ1) is 10.7. The lowest BCUT2D eigenvalue weighted by Gasteiger charge is -2.13. The molecular weight excluding hydrogens is 176 g/mol. The quantitative estimate of drug-likeness (QED) is 0.751. The lowest BCUT2D eigenvalue weighted by Crippen LogP contribution is -2.30. The van der Waals surface area contributed by atoms with Gasteiger partial charge in [0, 0.05) is 6.04 Å². The van der Waals surface area contributed by atoms with Crippen molar-refractivity contribution >= 4 is 5.91 Å². The Balaban J connectivity index is 2.60. The Kier molecular flexibility index (Phi) is 3.65. The third kappa shape index (κ3) is 3.18. The number of nitrogens with one attached hydrogen (secondary N) is 1. The van der Waals surface area contributed by atoms with Crippen LogP contribution in [0.1, 0.15) is 24.1 Å². The first-order chi connectivity index (χ1) is 6.59. The van der Waals surface area contributed by atoms with Crippen LogP contribution >= 0.6 is 0 Å². The summed E-state index contributed by atoms with van der Waals surface area (Å²) in [5, 5.41) is 3.05. The zero-order chi connectivity index (χ0) is 10.6. The highest BCUT2D eigenvalue weighted by Gasteiger charge is 2.05. The molecule has 1 rings (SSSR count). The van der Waals surface area contributed by atoms with Crippen molar-refractivity contribution in [1.29, 1.82) is 0 Å². The first-order valence-electron chi connectivity index (χ1n) is 4.68. The van der Waals surface area contributed by atoms with E-state index in [9.17, 15) is 4.79 Å². The fourth-order valence-corrected chi connectivity index (χ4v) is 1.31. The third-order valence-corrected chi connectivity index (χ3v) is 2.12. The van der Waals surface area contributed by atoms with Gasteiger partial charge in [0.25, 0.3) is 0 Å². The van der Waals surface area contributed by atoms with Gasteiger partial charge in [-0.3, -0.25) is 4.79 Å². The van der Waals surface area contributed by atoms with Crippen molar-refractivity contribution < 1.29 is 4.79 Å². The smallest absolute Gasteiger partial charge is 0.231 e. The predicted octanol–water partition coefficient (Wildman–Crippen LogP) is 1.13. The summed E-state index contributed by atoms with van der Waals surface area (Å²) >= 11 is 0. The van der Waals surface area contributed by atoms with E-state index in [2.05, 4.69) is 11.4 Å². The van der Waals surface area contributed by atoms with E-state index in [1.54, 1.807) is 0 Å². The van der Waals surface area contributed by atoms with E-state index >= 15 is 0 Å². The molecular formula is C11H16N2O. The van der Waals surface area contributed by atoms with Gasteiger partial charge in [-0.05, 0) is 19.4 Å². The van der Waals surface area contributed by atoms with E-state index in [-0.39, 0.29) is 18.5 Å². The molecule has 0 spiro atoms. The zero-order valence-electron chi connectivity index (χ0n) is 8.58. The Hall–Kier alpha value is -1.35. The molecule has 0 aliphatic rings. The van der Waals surface area contributed by atoms with E-state index in [1.165, 1.54) is 11.1 Å². The summed E-state index contributed by atoms with van der Waals surface area (Å²) in [6.07, 6.45) is 0. The molecule has 0 saturated carbocycles. The highest BCUT2D eigenvalue weighted by Crippen LogP contribution is 2.12. The highest BCUT2D eigenvalue weighted by atomic mass is 16.1. The number of aryl methyl sites for hydroxylation is 1. The molecule has 3 heteroatoms. The third-order valence-electron chi connectivity index (χ3n) is 2.12. The van der Waals surface area contributed by atoms with Crippen molar-refractivity contribution in [2.75, 3.05) is 6.54 Å². The molecule has 0 bridgehead atoms. The van der Waals surface area contributed by atoms with Crippen LogP contribution in [0.5, 0.6) is 0 Å². The van der Waals surface area contributed by atoms with Crippen molar-refractivity contribution in [2.24, 2.45) is 5.73 Å². The summed E-state index contributed by atoms with van der Waals surface area (Å²) in [5.41, 5.74) is 7.44. The molecule has 76 valence electrons. The molecule has 1 aromatic rings. The summed E-state index contributed by atoms with van der Waals surface area (Å²) in [5.74, 6) is -0.329. The molecule has 0 aliphatic carbocycles. The molecule has 0 fully saturated rings. The van der Waals surface area contributed by atoms with Gasteiger partial charge in [-0.25, -0.2) is 0 Å². The molecule has 1 unspecified atom stereocenters. The summed E-state index contributed by atoms with van der Waals surface area (Å²) in [6.45, 7) is 4.27. The van der Waals surface area contributed by atoms with Crippen molar-refractivity contribution in [1.82, 2.24) is 5.32 Å². The van der Waals surface area contributed by atoms with E-state index in [4.69, 9.17) is 5.73 Å². The fraction of sp³-hybridized carbons (Fsp3) is 0.364. The number of primary amides is 1. The minimum Gasteiger partial charge on any atom is -0.369 e. The Morgan fingerprint density at radius 1 is 1.57 bits per heavy atom. The highest BCUT2D eigenvalue weighted by molar-refractivity contribution is 5.75. The molecule has 1 amide bonds. The molecule has 14 heavy (non-hydrogen) atoms. The first-order valence-corrected chi connectivity index (χ1v) is 4.68. The number of rotatable bonds is 4. The number of nitrogens with two attached hydrogens (primary N) is 1. The lowest BCUT2D eigenvalue weighted by molar-refractivity contribution is -0.117. The van der Waals surface area contributed by atoms with E-state index in [1.807, 2.05) is 32.0 Å². The van der Waals surface area contributed by atoms with Crippen molar-refractivity contribution in [3.05, 3.63) is 35.4 Å². The van der Waals surface area contributed by atoms with Crippen LogP contribution in [0.2, 0.25) is 0 Å². The second kappa shape index (κ2) is 4.77. The predicted molar refractivity (Wildman–Crippen MR) is 56.8 cm³/mol. The van der Waals surface area contributed by atoms with Crippen LogP contribution in [0.25, 0.3) is 0 Å². The number of amides is 1. The largest absolute Gasteiger partial charge is 0.369 e. The zero-order valence-corrected chi connectivity index (χ0v) is 8.58. The monoisotopic (exact) mass is 192 g/mol. The Morgan fingerprint density at radius 2 is 2.29 bits per heavy atom. The molecule has 0 aliphatic heterocycles. The Bertz CT molecular complexity index is 323. The van der Waals surface area contributed by atoms with E-state index in [0.29, 0.717) is 0 Å². The number of carbonyl (C=O) groups excluding carboxylic acids is 1. The van der Waals surface area contributed by atoms with E-state index in [0.717, 1.165) is 0 Å². The molecule has 0 heterocycles. The van der Waals surface area contributed by atoms with Gasteiger partial charge in [-0.2, -0.15) is 0 Å². The van der Waals surface area contributed by atoms with Gasteiger partial charge in [0.1, 0.15) is 0 Å². The molecule has 3 nitrogen and oxygen atoms in total. The standard InChI is InChI=1S/C11H16N2O/c1-8-4-3-5-10(6-8)9(2)13-7-11(12)14/h3-6,9,13H,7H2,1-2H3,(H2,12,14). The van der Waals surface area contributed by atoms with E-state index < -0.39 is 0 Å². The lowest BCUT2D eigenvalue weighted by atomic mass is 10.1. The molecule has 0 saturated heterocycles. The molecule has 3 N–H and O–H groups in total. The molecule has 0 radical (unpaired) electrons. The fourth-order valence-electron chi connectivity index (χ4n) is 1.31. The minimum absolute atomic E-state index is 0.155. The van der Waals surface area contributed by atoms with Crippen LogP contribution in [0.4, 0.5) is 0 Å². The SMILES string of the molecule is Cc1cccc(C(C)NCC(N)=O)c1. The summed E-state index contributed by atoms with van der Waals surface area (Å²) in [4.78, 5) is 10.6. The average molecular weight is 192 g/mol. The molecule has 1 atom stereocenters. The van der Waals surface area contributed by atoms with Crippen LogP contribution in [0.3, 0.4) is 0 Å².